The molecule has 0 spiro atoms. The molecule has 27 heavy (non-hydrogen) atoms. The Morgan fingerprint density at radius 2 is 2.04 bits per heavy atom. The summed E-state index contributed by atoms with van der Waals surface area (Å²) in [6.45, 7) is 3.24. The first kappa shape index (κ1) is 17.6. The molecule has 1 aliphatic heterocycles. The van der Waals surface area contributed by atoms with Crippen LogP contribution in [0.4, 0.5) is 5.69 Å². The lowest BCUT2D eigenvalue weighted by molar-refractivity contribution is -0.118. The number of ketones is 1. The van der Waals surface area contributed by atoms with E-state index in [1.165, 1.54) is 6.92 Å². The highest BCUT2D eigenvalue weighted by Gasteiger charge is 2.33. The molecule has 0 aliphatic carbocycles. The van der Waals surface area contributed by atoms with E-state index >= 15 is 0 Å². The first-order valence-electron chi connectivity index (χ1n) is 8.59. The number of nitrogens with one attached hydrogen (secondary N) is 1. The van der Waals surface area contributed by atoms with Crippen LogP contribution in [0.15, 0.2) is 46.3 Å². The van der Waals surface area contributed by atoms with Gasteiger partial charge in [-0.3, -0.25) is 14.5 Å². The molecule has 1 N–H and O–H groups in total. The van der Waals surface area contributed by atoms with E-state index in [0.29, 0.717) is 42.6 Å². The third-order valence-electron chi connectivity index (χ3n) is 4.43. The molecule has 1 fully saturated rings. The topological polar surface area (TPSA) is 88.3 Å². The fraction of sp³-hybridized carbons (Fsp3) is 0.263. The van der Waals surface area contributed by atoms with Gasteiger partial charge in [0.15, 0.2) is 5.78 Å². The SMILES string of the molecule is CC(=O)c1ccc(NC(=O)CN2CC(c3nc(-c4cccs4)no3)C2)cc1. The lowest BCUT2D eigenvalue weighted by Gasteiger charge is -2.36. The lowest BCUT2D eigenvalue weighted by Crippen LogP contribution is -2.48. The number of thiophene rings is 1. The number of hydrogen-bond donors (Lipinski definition) is 1. The molecule has 0 bridgehead atoms. The van der Waals surface area contributed by atoms with E-state index < -0.39 is 0 Å². The fourth-order valence-electron chi connectivity index (χ4n) is 2.95. The van der Waals surface area contributed by atoms with Crippen LogP contribution in [0.2, 0.25) is 0 Å². The Morgan fingerprint density at radius 3 is 2.70 bits per heavy atom. The second-order valence-electron chi connectivity index (χ2n) is 6.51. The highest BCUT2D eigenvalue weighted by atomic mass is 32.1. The molecule has 3 aromatic rings. The molecule has 3 heterocycles. The van der Waals surface area contributed by atoms with Gasteiger partial charge in [0.25, 0.3) is 0 Å². The standard InChI is InChI=1S/C19H18N4O3S/c1-12(24)13-4-6-15(7-5-13)20-17(25)11-23-9-14(10-23)19-21-18(22-26-19)16-3-2-8-27-16/h2-8,14H,9-11H2,1H3,(H,20,25). The number of rotatable bonds is 6. The van der Waals surface area contributed by atoms with Crippen molar-refractivity contribution in [1.29, 1.82) is 0 Å². The van der Waals surface area contributed by atoms with Crippen LogP contribution in [-0.2, 0) is 4.79 Å². The molecule has 1 aliphatic rings. The van der Waals surface area contributed by atoms with Crippen LogP contribution in [0, 0.1) is 0 Å². The predicted octanol–water partition coefficient (Wildman–Crippen LogP) is 3.04. The monoisotopic (exact) mass is 382 g/mol. The van der Waals surface area contributed by atoms with E-state index in [1.54, 1.807) is 35.6 Å². The summed E-state index contributed by atoms with van der Waals surface area (Å²) in [4.78, 5) is 30.9. The van der Waals surface area contributed by atoms with Crippen molar-refractivity contribution in [3.8, 4) is 10.7 Å². The quantitative estimate of drug-likeness (QED) is 0.659. The van der Waals surface area contributed by atoms with Gasteiger partial charge in [0.1, 0.15) is 0 Å². The first-order chi connectivity index (χ1) is 13.1. The van der Waals surface area contributed by atoms with Crippen molar-refractivity contribution in [3.05, 3.63) is 53.2 Å². The summed E-state index contributed by atoms with van der Waals surface area (Å²) in [6.07, 6.45) is 0. The molecule has 8 heteroatoms. The van der Waals surface area contributed by atoms with Crippen LogP contribution in [0.3, 0.4) is 0 Å². The minimum atomic E-state index is -0.0890. The first-order valence-corrected chi connectivity index (χ1v) is 9.47. The van der Waals surface area contributed by atoms with Crippen LogP contribution in [0.5, 0.6) is 0 Å². The molecule has 0 saturated carbocycles. The van der Waals surface area contributed by atoms with Gasteiger partial charge in [-0.2, -0.15) is 4.98 Å². The van der Waals surface area contributed by atoms with Crippen molar-refractivity contribution >= 4 is 28.7 Å². The summed E-state index contributed by atoms with van der Waals surface area (Å²) in [5, 5.41) is 8.84. The summed E-state index contributed by atoms with van der Waals surface area (Å²) in [5.74, 6) is 1.31. The number of hydrogen-bond acceptors (Lipinski definition) is 7. The number of benzene rings is 1. The zero-order valence-corrected chi connectivity index (χ0v) is 15.5. The van der Waals surface area contributed by atoms with E-state index in [2.05, 4.69) is 15.5 Å². The number of nitrogens with zero attached hydrogens (tertiary/aromatic N) is 3. The lowest BCUT2D eigenvalue weighted by atomic mass is 10.0. The average Bonchev–Trinajstić information content (AvgIpc) is 3.29. The van der Waals surface area contributed by atoms with Crippen molar-refractivity contribution in [3.63, 3.8) is 0 Å². The van der Waals surface area contributed by atoms with Crippen LogP contribution < -0.4 is 5.32 Å². The molecular formula is C19H18N4O3S. The average molecular weight is 382 g/mol. The number of aromatic nitrogens is 2. The highest BCUT2D eigenvalue weighted by Crippen LogP contribution is 2.28. The van der Waals surface area contributed by atoms with Crippen LogP contribution >= 0.6 is 11.3 Å². The summed E-state index contributed by atoms with van der Waals surface area (Å²) < 4.78 is 5.36. The van der Waals surface area contributed by atoms with Crippen LogP contribution in [-0.4, -0.2) is 46.4 Å². The predicted molar refractivity (Wildman–Crippen MR) is 102 cm³/mol. The summed E-state index contributed by atoms with van der Waals surface area (Å²) >= 11 is 1.57. The highest BCUT2D eigenvalue weighted by molar-refractivity contribution is 7.13. The van der Waals surface area contributed by atoms with E-state index in [9.17, 15) is 9.59 Å². The molecule has 4 rings (SSSR count). The molecule has 0 unspecified atom stereocenters. The van der Waals surface area contributed by atoms with Gasteiger partial charge in [0.05, 0.1) is 17.3 Å². The molecule has 7 nitrogen and oxygen atoms in total. The van der Waals surface area contributed by atoms with E-state index in [0.717, 1.165) is 4.88 Å². The molecule has 1 amide bonds. The van der Waals surface area contributed by atoms with E-state index in [-0.39, 0.29) is 17.6 Å². The second kappa shape index (κ2) is 7.42. The Morgan fingerprint density at radius 1 is 1.26 bits per heavy atom. The van der Waals surface area contributed by atoms with E-state index in [1.807, 2.05) is 22.4 Å². The second-order valence-corrected chi connectivity index (χ2v) is 7.45. The van der Waals surface area contributed by atoms with Crippen LogP contribution in [0.25, 0.3) is 10.7 Å². The molecule has 1 aromatic carbocycles. The van der Waals surface area contributed by atoms with Crippen molar-refractivity contribution in [1.82, 2.24) is 15.0 Å². The summed E-state index contributed by atoms with van der Waals surface area (Å²) in [5.41, 5.74) is 1.31. The Balaban J connectivity index is 1.26. The minimum Gasteiger partial charge on any atom is -0.339 e. The van der Waals surface area contributed by atoms with Gasteiger partial charge in [-0.25, -0.2) is 0 Å². The van der Waals surface area contributed by atoms with Gasteiger partial charge >= 0.3 is 0 Å². The Hall–Kier alpha value is -2.84. The van der Waals surface area contributed by atoms with Crippen molar-refractivity contribution in [2.75, 3.05) is 25.0 Å². The molecule has 2 aromatic heterocycles. The van der Waals surface area contributed by atoms with Crippen molar-refractivity contribution in [2.24, 2.45) is 0 Å². The maximum Gasteiger partial charge on any atom is 0.238 e. The molecule has 1 saturated heterocycles. The maximum absolute atomic E-state index is 12.2. The molecular weight excluding hydrogens is 364 g/mol. The Kier molecular flexibility index (Phi) is 4.83. The smallest absolute Gasteiger partial charge is 0.238 e. The fourth-order valence-corrected chi connectivity index (χ4v) is 3.60. The third-order valence-corrected chi connectivity index (χ3v) is 5.30. The largest absolute Gasteiger partial charge is 0.339 e. The van der Waals surface area contributed by atoms with E-state index in [4.69, 9.17) is 4.52 Å². The van der Waals surface area contributed by atoms with Crippen LogP contribution in [0.1, 0.15) is 29.1 Å². The van der Waals surface area contributed by atoms with Gasteiger partial charge in [-0.1, -0.05) is 11.2 Å². The van der Waals surface area contributed by atoms with Gasteiger partial charge in [0.2, 0.25) is 17.6 Å². The molecule has 0 radical (unpaired) electrons. The third kappa shape index (κ3) is 3.96. The maximum atomic E-state index is 12.2. The van der Waals surface area contributed by atoms with Gasteiger partial charge in [-0.05, 0) is 42.6 Å². The number of amides is 1. The summed E-state index contributed by atoms with van der Waals surface area (Å²) in [7, 11) is 0. The van der Waals surface area contributed by atoms with Crippen molar-refractivity contribution < 1.29 is 14.1 Å². The number of carbonyl (C=O) groups excluding carboxylic acids is 2. The van der Waals surface area contributed by atoms with Gasteiger partial charge in [-0.15, -0.1) is 11.3 Å². The molecule has 0 atom stereocenters. The Bertz CT molecular complexity index is 944. The number of Topliss-reactive ketones (excluding diaryl/α,β-unsaturated/α-hetero) is 1. The number of carbonyl (C=O) groups is 2. The van der Waals surface area contributed by atoms with Gasteiger partial charge < -0.3 is 9.84 Å². The molecule has 138 valence electrons. The van der Waals surface area contributed by atoms with Crippen molar-refractivity contribution in [2.45, 2.75) is 12.8 Å². The Labute approximate surface area is 160 Å². The van der Waals surface area contributed by atoms with Gasteiger partial charge in [0, 0.05) is 24.3 Å². The number of anilines is 1. The zero-order valence-electron chi connectivity index (χ0n) is 14.7. The number of likely N-dealkylation sites (tertiary alicyclic amines) is 1. The normalized spacial score (nSPS) is 14.7. The summed E-state index contributed by atoms with van der Waals surface area (Å²) in [6, 6.07) is 10.8. The zero-order chi connectivity index (χ0) is 18.8. The minimum absolute atomic E-state index is 0.00255.